The van der Waals surface area contributed by atoms with Crippen LogP contribution in [-0.4, -0.2) is 24.9 Å². The third-order valence-electron chi connectivity index (χ3n) is 5.83. The Morgan fingerprint density at radius 1 is 0.367 bits per heavy atom. The average Bonchev–Trinajstić information content (AvgIpc) is 2.76. The lowest BCUT2D eigenvalue weighted by Crippen LogP contribution is -2.00. The zero-order valence-electron chi connectivity index (χ0n) is 21.5. The maximum absolute atomic E-state index is 8.50. The summed E-state index contributed by atoms with van der Waals surface area (Å²) in [5.41, 5.74) is 0. The van der Waals surface area contributed by atoms with Crippen LogP contribution in [0, 0.1) is 0 Å². The summed E-state index contributed by atoms with van der Waals surface area (Å²) in [4.78, 5) is 0. The first-order valence-corrected chi connectivity index (χ1v) is 14.0. The third kappa shape index (κ3) is 35.4. The van der Waals surface area contributed by atoms with Crippen molar-refractivity contribution in [1.29, 1.82) is 0 Å². The fraction of sp³-hybridized carbons (Fsp3) is 1.00. The van der Waals surface area contributed by atoms with E-state index in [4.69, 9.17) is 9.84 Å². The molecule has 0 aliphatic carbocycles. The van der Waals surface area contributed by atoms with E-state index in [0.29, 0.717) is 6.61 Å². The van der Waals surface area contributed by atoms with Gasteiger partial charge in [0, 0.05) is 6.61 Å². The second-order valence-electron chi connectivity index (χ2n) is 9.05. The van der Waals surface area contributed by atoms with Gasteiger partial charge in [-0.25, -0.2) is 0 Å². The highest BCUT2D eigenvalue weighted by Crippen LogP contribution is 2.12. The van der Waals surface area contributed by atoms with Gasteiger partial charge in [0.1, 0.15) is 0 Å². The van der Waals surface area contributed by atoms with Gasteiger partial charge in [-0.1, -0.05) is 156 Å². The predicted octanol–water partition coefficient (Wildman–Crippen LogP) is 9.62. The molecule has 2 nitrogen and oxygen atoms in total. The molecule has 1 N–H and O–H groups in total. The second-order valence-corrected chi connectivity index (χ2v) is 9.05. The molecule has 0 aliphatic rings. The summed E-state index contributed by atoms with van der Waals surface area (Å²) >= 11 is 0. The maximum Gasteiger partial charge on any atom is 0.0697 e. The van der Waals surface area contributed by atoms with Crippen molar-refractivity contribution in [3.8, 4) is 0 Å². The molecule has 0 amide bonds. The number of ether oxygens (including phenoxy) is 1. The van der Waals surface area contributed by atoms with Crippen LogP contribution in [0.2, 0.25) is 0 Å². The van der Waals surface area contributed by atoms with Gasteiger partial charge in [0.2, 0.25) is 0 Å². The molecule has 0 saturated carbocycles. The lowest BCUT2D eigenvalue weighted by atomic mass is 10.1. The Kier molecular flexibility index (Phi) is 35.9. The normalized spacial score (nSPS) is 10.8. The monoisotopic (exact) mass is 428 g/mol. The number of hydrogen-bond acceptors (Lipinski definition) is 2. The summed E-state index contributed by atoms with van der Waals surface area (Å²) in [7, 11) is 0. The first kappa shape index (κ1) is 32.1. The summed E-state index contributed by atoms with van der Waals surface area (Å²) in [6.45, 7) is 8.30. The summed E-state index contributed by atoms with van der Waals surface area (Å²) in [5.74, 6) is 0. The van der Waals surface area contributed by atoms with Crippen molar-refractivity contribution >= 4 is 0 Å². The summed E-state index contributed by atoms with van der Waals surface area (Å²) in [6.07, 6.45) is 31.0. The number of unbranched alkanes of at least 4 members (excludes halogenated alkanes) is 20. The Balaban J connectivity index is 0. The van der Waals surface area contributed by atoms with Gasteiger partial charge >= 0.3 is 0 Å². The minimum absolute atomic E-state index is 0.151. The van der Waals surface area contributed by atoms with Gasteiger partial charge in [-0.3, -0.25) is 0 Å². The molecule has 2 heteroatoms. The molecule has 30 heavy (non-hydrogen) atoms. The number of rotatable bonds is 24. The molecule has 0 rings (SSSR count). The van der Waals surface area contributed by atoms with Gasteiger partial charge < -0.3 is 9.84 Å². The quantitative estimate of drug-likeness (QED) is 0.155. The zero-order chi connectivity index (χ0) is 22.4. The third-order valence-corrected chi connectivity index (χ3v) is 5.83. The molecule has 0 heterocycles. The predicted molar refractivity (Wildman–Crippen MR) is 137 cm³/mol. The van der Waals surface area contributed by atoms with Crippen molar-refractivity contribution in [2.45, 2.75) is 162 Å². The lowest BCUT2D eigenvalue weighted by Gasteiger charge is -2.03. The van der Waals surface area contributed by atoms with Crippen LogP contribution in [0.3, 0.4) is 0 Å². The van der Waals surface area contributed by atoms with Crippen molar-refractivity contribution < 1.29 is 9.84 Å². The van der Waals surface area contributed by atoms with Crippen LogP contribution in [0.4, 0.5) is 0 Å². The first-order chi connectivity index (χ1) is 14.8. The molecule has 184 valence electrons. The smallest absolute Gasteiger partial charge is 0.0697 e. The van der Waals surface area contributed by atoms with Gasteiger partial charge in [0.15, 0.2) is 0 Å². The SMILES string of the molecule is CCCCCCCCCCCCCC.CCCCCCCCCCCCOCCO. The van der Waals surface area contributed by atoms with Gasteiger partial charge in [0.05, 0.1) is 13.2 Å². The summed E-state index contributed by atoms with van der Waals surface area (Å²) in [6, 6.07) is 0. The average molecular weight is 429 g/mol. The molecule has 0 bridgehead atoms. The van der Waals surface area contributed by atoms with Gasteiger partial charge in [0.25, 0.3) is 0 Å². The number of aliphatic hydroxyl groups is 1. The van der Waals surface area contributed by atoms with E-state index in [1.54, 1.807) is 0 Å². The zero-order valence-corrected chi connectivity index (χ0v) is 21.5. The van der Waals surface area contributed by atoms with Crippen molar-refractivity contribution in [3.63, 3.8) is 0 Å². The Morgan fingerprint density at radius 3 is 0.900 bits per heavy atom. The molecule has 0 aliphatic heterocycles. The minimum atomic E-state index is 0.151. The van der Waals surface area contributed by atoms with E-state index in [2.05, 4.69) is 20.8 Å². The Bertz CT molecular complexity index is 229. The minimum Gasteiger partial charge on any atom is -0.394 e. The highest BCUT2D eigenvalue weighted by Gasteiger charge is 1.93. The van der Waals surface area contributed by atoms with Crippen LogP contribution < -0.4 is 0 Å². The van der Waals surface area contributed by atoms with Crippen LogP contribution >= 0.6 is 0 Å². The van der Waals surface area contributed by atoms with Crippen LogP contribution in [0.15, 0.2) is 0 Å². The molecule has 0 unspecified atom stereocenters. The van der Waals surface area contributed by atoms with E-state index < -0.39 is 0 Å². The van der Waals surface area contributed by atoms with Crippen LogP contribution in [0.5, 0.6) is 0 Å². The van der Waals surface area contributed by atoms with Crippen molar-refractivity contribution in [1.82, 2.24) is 0 Å². The molecule has 0 saturated heterocycles. The number of hydrogen-bond donors (Lipinski definition) is 1. The highest BCUT2D eigenvalue weighted by atomic mass is 16.5. The van der Waals surface area contributed by atoms with Crippen LogP contribution in [-0.2, 0) is 4.74 Å². The fourth-order valence-electron chi connectivity index (χ4n) is 3.77. The highest BCUT2D eigenvalue weighted by molar-refractivity contribution is 4.48. The molecule has 0 fully saturated rings. The van der Waals surface area contributed by atoms with Gasteiger partial charge in [-0.2, -0.15) is 0 Å². The van der Waals surface area contributed by atoms with E-state index >= 15 is 0 Å². The Hall–Kier alpha value is -0.0800. The number of aliphatic hydroxyl groups excluding tert-OH is 1. The molecule has 0 aromatic rings. The molecule has 0 aromatic heterocycles. The van der Waals surface area contributed by atoms with Crippen molar-refractivity contribution in [2.24, 2.45) is 0 Å². The topological polar surface area (TPSA) is 29.5 Å². The first-order valence-electron chi connectivity index (χ1n) is 14.0. The van der Waals surface area contributed by atoms with E-state index in [1.807, 2.05) is 0 Å². The van der Waals surface area contributed by atoms with Crippen molar-refractivity contribution in [2.75, 3.05) is 19.8 Å². The molecular weight excluding hydrogens is 368 g/mol. The maximum atomic E-state index is 8.50. The van der Waals surface area contributed by atoms with E-state index in [-0.39, 0.29) is 6.61 Å². The molecular formula is C28H60O2. The lowest BCUT2D eigenvalue weighted by molar-refractivity contribution is 0.0895. The van der Waals surface area contributed by atoms with Gasteiger partial charge in [-0.05, 0) is 6.42 Å². The Labute approximate surface area is 192 Å². The van der Waals surface area contributed by atoms with E-state index in [1.165, 1.54) is 135 Å². The summed E-state index contributed by atoms with van der Waals surface area (Å²) in [5, 5.41) is 8.50. The Morgan fingerprint density at radius 2 is 0.633 bits per heavy atom. The second kappa shape index (κ2) is 33.6. The molecule has 0 aromatic carbocycles. The largest absolute Gasteiger partial charge is 0.394 e. The van der Waals surface area contributed by atoms with Gasteiger partial charge in [-0.15, -0.1) is 0 Å². The molecule has 0 atom stereocenters. The van der Waals surface area contributed by atoms with Crippen LogP contribution in [0.1, 0.15) is 162 Å². The van der Waals surface area contributed by atoms with Crippen LogP contribution in [0.25, 0.3) is 0 Å². The van der Waals surface area contributed by atoms with E-state index in [9.17, 15) is 0 Å². The molecule has 0 radical (unpaired) electrons. The fourth-order valence-corrected chi connectivity index (χ4v) is 3.77. The standard InChI is InChI=1S/C14H30O2.C14H30/c1-2-3-4-5-6-7-8-9-10-11-13-16-14-12-15;1-3-5-7-9-11-13-14-12-10-8-6-4-2/h15H,2-14H2,1H3;3-14H2,1-2H3. The summed E-state index contributed by atoms with van der Waals surface area (Å²) < 4.78 is 5.20. The molecule has 0 spiro atoms. The van der Waals surface area contributed by atoms with E-state index in [0.717, 1.165) is 13.0 Å². The van der Waals surface area contributed by atoms with Crippen molar-refractivity contribution in [3.05, 3.63) is 0 Å².